The van der Waals surface area contributed by atoms with Crippen LogP contribution in [0, 0.1) is 20.8 Å². The molecule has 0 radical (unpaired) electrons. The summed E-state index contributed by atoms with van der Waals surface area (Å²) in [6, 6.07) is 0. The fraction of sp³-hybridized carbons (Fsp3) is 0.364. The zero-order valence-corrected chi connectivity index (χ0v) is 10.5. The molecule has 0 unspecified atom stereocenters. The number of hydrogen-bond donors (Lipinski definition) is 1. The summed E-state index contributed by atoms with van der Waals surface area (Å²) < 4.78 is 0. The molecule has 0 saturated heterocycles. The number of rotatable bonds is 1. The van der Waals surface area contributed by atoms with Crippen molar-refractivity contribution in [2.75, 3.05) is 7.05 Å². The molecular weight excluding hydrogens is 222 g/mol. The zero-order valence-electron chi connectivity index (χ0n) is 9.71. The molecule has 0 aliphatic carbocycles. The summed E-state index contributed by atoms with van der Waals surface area (Å²) in [5, 5.41) is 3.65. The molecule has 2 heterocycles. The standard InChI is InChI=1S/C11H13N3OS/c1-5-8-6(2)13-7(3)14-11(8)16-9(5)10(15)12-4/h1-4H3,(H,12,15). The normalized spacial score (nSPS) is 10.8. The fourth-order valence-corrected chi connectivity index (χ4v) is 3.03. The van der Waals surface area contributed by atoms with Crippen LogP contribution in [0.3, 0.4) is 0 Å². The van der Waals surface area contributed by atoms with Gasteiger partial charge in [-0.25, -0.2) is 9.97 Å². The molecule has 0 aliphatic heterocycles. The second-order valence-corrected chi connectivity index (χ2v) is 4.67. The Morgan fingerprint density at radius 1 is 1.25 bits per heavy atom. The van der Waals surface area contributed by atoms with Gasteiger partial charge >= 0.3 is 0 Å². The fourth-order valence-electron chi connectivity index (χ4n) is 1.80. The van der Waals surface area contributed by atoms with Crippen molar-refractivity contribution < 1.29 is 4.79 Å². The molecule has 84 valence electrons. The molecule has 4 nitrogen and oxygen atoms in total. The first-order valence-electron chi connectivity index (χ1n) is 5.01. The molecule has 0 fully saturated rings. The third kappa shape index (κ3) is 1.57. The zero-order chi connectivity index (χ0) is 11.9. The van der Waals surface area contributed by atoms with Crippen LogP contribution in [0.15, 0.2) is 0 Å². The minimum atomic E-state index is -0.0578. The van der Waals surface area contributed by atoms with E-state index in [0.717, 1.165) is 32.2 Å². The van der Waals surface area contributed by atoms with E-state index in [9.17, 15) is 4.79 Å². The van der Waals surface area contributed by atoms with Gasteiger partial charge in [-0.2, -0.15) is 0 Å². The van der Waals surface area contributed by atoms with Gasteiger partial charge < -0.3 is 5.32 Å². The topological polar surface area (TPSA) is 54.9 Å². The summed E-state index contributed by atoms with van der Waals surface area (Å²) in [5.41, 5.74) is 1.91. The molecule has 0 spiro atoms. The van der Waals surface area contributed by atoms with E-state index < -0.39 is 0 Å². The Kier molecular flexibility index (Phi) is 2.63. The van der Waals surface area contributed by atoms with E-state index in [2.05, 4.69) is 15.3 Å². The van der Waals surface area contributed by atoms with Crippen LogP contribution in [-0.2, 0) is 0 Å². The number of nitrogens with zero attached hydrogens (tertiary/aromatic N) is 2. The van der Waals surface area contributed by atoms with Gasteiger partial charge in [0, 0.05) is 18.1 Å². The SMILES string of the molecule is CNC(=O)c1sc2nc(C)nc(C)c2c1C. The molecular formula is C11H13N3OS. The molecule has 0 bridgehead atoms. The summed E-state index contributed by atoms with van der Waals surface area (Å²) >= 11 is 1.42. The molecule has 2 rings (SSSR count). The van der Waals surface area contributed by atoms with Crippen LogP contribution in [0.5, 0.6) is 0 Å². The Morgan fingerprint density at radius 3 is 2.56 bits per heavy atom. The molecule has 2 aromatic heterocycles. The minimum Gasteiger partial charge on any atom is -0.354 e. The first-order chi connectivity index (χ1) is 7.54. The second-order valence-electron chi connectivity index (χ2n) is 3.67. The molecule has 0 saturated carbocycles. The number of aromatic nitrogens is 2. The Morgan fingerprint density at radius 2 is 1.94 bits per heavy atom. The van der Waals surface area contributed by atoms with E-state index in [1.54, 1.807) is 7.05 Å². The molecule has 0 atom stereocenters. The second kappa shape index (κ2) is 3.83. The highest BCUT2D eigenvalue weighted by Crippen LogP contribution is 2.30. The maximum absolute atomic E-state index is 11.7. The molecule has 0 aliphatic rings. The van der Waals surface area contributed by atoms with Crippen LogP contribution in [-0.4, -0.2) is 22.9 Å². The van der Waals surface area contributed by atoms with Crippen LogP contribution >= 0.6 is 11.3 Å². The largest absolute Gasteiger partial charge is 0.354 e. The van der Waals surface area contributed by atoms with Crippen LogP contribution < -0.4 is 5.32 Å². The van der Waals surface area contributed by atoms with Gasteiger partial charge in [-0.05, 0) is 26.3 Å². The van der Waals surface area contributed by atoms with Crippen LogP contribution in [0.25, 0.3) is 10.2 Å². The van der Waals surface area contributed by atoms with Crippen molar-refractivity contribution in [2.24, 2.45) is 0 Å². The molecule has 0 aromatic carbocycles. The summed E-state index contributed by atoms with van der Waals surface area (Å²) in [7, 11) is 1.63. The van der Waals surface area contributed by atoms with Crippen molar-refractivity contribution in [3.05, 3.63) is 22.0 Å². The van der Waals surface area contributed by atoms with E-state index in [0.29, 0.717) is 0 Å². The number of carbonyl (C=O) groups excluding carboxylic acids is 1. The molecule has 2 aromatic rings. The van der Waals surface area contributed by atoms with Gasteiger partial charge in [-0.1, -0.05) is 0 Å². The number of fused-ring (bicyclic) bond motifs is 1. The van der Waals surface area contributed by atoms with Gasteiger partial charge in [0.05, 0.1) is 4.88 Å². The molecule has 1 N–H and O–H groups in total. The number of hydrogen-bond acceptors (Lipinski definition) is 4. The van der Waals surface area contributed by atoms with Gasteiger partial charge in [0.15, 0.2) is 0 Å². The lowest BCUT2D eigenvalue weighted by molar-refractivity contribution is 0.0966. The maximum atomic E-state index is 11.7. The van der Waals surface area contributed by atoms with E-state index >= 15 is 0 Å². The minimum absolute atomic E-state index is 0.0578. The first-order valence-corrected chi connectivity index (χ1v) is 5.82. The third-order valence-electron chi connectivity index (χ3n) is 2.52. The predicted molar refractivity (Wildman–Crippen MR) is 65.0 cm³/mol. The monoisotopic (exact) mass is 235 g/mol. The van der Waals surface area contributed by atoms with Gasteiger partial charge in [0.1, 0.15) is 10.7 Å². The quantitative estimate of drug-likeness (QED) is 0.822. The highest BCUT2D eigenvalue weighted by Gasteiger charge is 2.17. The van der Waals surface area contributed by atoms with Gasteiger partial charge in [-0.3, -0.25) is 4.79 Å². The highest BCUT2D eigenvalue weighted by molar-refractivity contribution is 7.20. The lowest BCUT2D eigenvalue weighted by atomic mass is 10.1. The number of amides is 1. The molecule has 1 amide bonds. The Labute approximate surface area is 97.7 Å². The van der Waals surface area contributed by atoms with Crippen molar-refractivity contribution >= 4 is 27.5 Å². The summed E-state index contributed by atoms with van der Waals surface area (Å²) in [6.45, 7) is 5.75. The van der Waals surface area contributed by atoms with Crippen molar-refractivity contribution in [1.29, 1.82) is 0 Å². The van der Waals surface area contributed by atoms with Crippen LogP contribution in [0.1, 0.15) is 26.8 Å². The maximum Gasteiger partial charge on any atom is 0.261 e. The van der Waals surface area contributed by atoms with Gasteiger partial charge in [0.2, 0.25) is 0 Å². The average molecular weight is 235 g/mol. The van der Waals surface area contributed by atoms with Crippen molar-refractivity contribution in [3.63, 3.8) is 0 Å². The Balaban J connectivity index is 2.78. The third-order valence-corrected chi connectivity index (χ3v) is 3.70. The highest BCUT2D eigenvalue weighted by atomic mass is 32.1. The van der Waals surface area contributed by atoms with E-state index in [1.165, 1.54) is 11.3 Å². The van der Waals surface area contributed by atoms with Crippen molar-refractivity contribution in [1.82, 2.24) is 15.3 Å². The molecule has 5 heteroatoms. The van der Waals surface area contributed by atoms with E-state index in [1.807, 2.05) is 20.8 Å². The lowest BCUT2D eigenvalue weighted by Gasteiger charge is -1.99. The first kappa shape index (κ1) is 11.0. The summed E-state index contributed by atoms with van der Waals surface area (Å²) in [5.74, 6) is 0.687. The molecule has 16 heavy (non-hydrogen) atoms. The lowest BCUT2D eigenvalue weighted by Crippen LogP contribution is -2.17. The van der Waals surface area contributed by atoms with E-state index in [-0.39, 0.29) is 5.91 Å². The van der Waals surface area contributed by atoms with Crippen LogP contribution in [0.2, 0.25) is 0 Å². The van der Waals surface area contributed by atoms with Crippen molar-refractivity contribution in [3.8, 4) is 0 Å². The predicted octanol–water partition coefficient (Wildman–Crippen LogP) is 1.98. The number of aryl methyl sites for hydroxylation is 3. The summed E-state index contributed by atoms with van der Waals surface area (Å²) in [4.78, 5) is 22.0. The number of nitrogens with one attached hydrogen (secondary N) is 1. The number of carbonyl (C=O) groups is 1. The Hall–Kier alpha value is -1.49. The van der Waals surface area contributed by atoms with Gasteiger partial charge in [-0.15, -0.1) is 11.3 Å². The van der Waals surface area contributed by atoms with E-state index in [4.69, 9.17) is 0 Å². The van der Waals surface area contributed by atoms with Crippen LogP contribution in [0.4, 0.5) is 0 Å². The average Bonchev–Trinajstić information content (AvgIpc) is 2.54. The number of thiophene rings is 1. The Bertz CT molecular complexity index is 574. The van der Waals surface area contributed by atoms with Crippen molar-refractivity contribution in [2.45, 2.75) is 20.8 Å². The smallest absolute Gasteiger partial charge is 0.261 e. The van der Waals surface area contributed by atoms with Gasteiger partial charge in [0.25, 0.3) is 5.91 Å². The summed E-state index contributed by atoms with van der Waals surface area (Å²) in [6.07, 6.45) is 0.